The van der Waals surface area contributed by atoms with Crippen LogP contribution in [0.1, 0.15) is 36.5 Å². The fraction of sp³-hybridized carbons (Fsp3) is 0.385. The number of ether oxygens (including phenoxy) is 2. The van der Waals surface area contributed by atoms with Crippen LogP contribution in [-0.2, 0) is 37.7 Å². The molecule has 36 heavy (non-hydrogen) atoms. The van der Waals surface area contributed by atoms with Crippen LogP contribution in [0.4, 0.5) is 5.69 Å². The summed E-state index contributed by atoms with van der Waals surface area (Å²) in [6.07, 6.45) is 1.02. The normalized spacial score (nSPS) is 27.5. The summed E-state index contributed by atoms with van der Waals surface area (Å²) in [6, 6.07) is 10.4. The molecule has 4 N–H and O–H groups in total. The molecule has 2 aromatic rings. The number of hydrogen-bond donors (Lipinski definition) is 3. The van der Waals surface area contributed by atoms with Gasteiger partial charge >= 0.3 is 0 Å². The van der Waals surface area contributed by atoms with Crippen molar-refractivity contribution in [2.75, 3.05) is 12.1 Å². The third-order valence-corrected chi connectivity index (χ3v) is 7.76. The second-order valence-corrected chi connectivity index (χ2v) is 9.71. The minimum Gasteiger partial charge on any atom is -0.454 e. The van der Waals surface area contributed by atoms with Crippen molar-refractivity contribution >= 4 is 29.3 Å². The van der Waals surface area contributed by atoms with Crippen molar-refractivity contribution in [2.45, 2.75) is 44.3 Å². The van der Waals surface area contributed by atoms with Gasteiger partial charge in [-0.2, -0.15) is 0 Å². The monoisotopic (exact) mass is 490 g/mol. The number of rotatable bonds is 6. The molecule has 0 unspecified atom stereocenters. The van der Waals surface area contributed by atoms with Gasteiger partial charge in [0.05, 0.1) is 18.4 Å². The van der Waals surface area contributed by atoms with E-state index in [1.165, 1.54) is 4.90 Å². The zero-order chi connectivity index (χ0) is 25.2. The molecule has 2 aromatic carbocycles. The van der Waals surface area contributed by atoms with Gasteiger partial charge in [0, 0.05) is 23.7 Å². The first kappa shape index (κ1) is 22.5. The minimum atomic E-state index is -1.40. The van der Waals surface area contributed by atoms with Gasteiger partial charge in [-0.3, -0.25) is 29.4 Å². The summed E-state index contributed by atoms with van der Waals surface area (Å²) in [5.74, 6) is -2.23. The Morgan fingerprint density at radius 2 is 1.86 bits per heavy atom. The van der Waals surface area contributed by atoms with E-state index < -0.39 is 35.2 Å². The average Bonchev–Trinajstić information content (AvgIpc) is 3.59. The Kier molecular flexibility index (Phi) is 5.04. The van der Waals surface area contributed by atoms with Gasteiger partial charge in [0.2, 0.25) is 30.4 Å². The molecule has 2 saturated heterocycles. The number of nitrogens with one attached hydrogen (secondary N) is 2. The van der Waals surface area contributed by atoms with Gasteiger partial charge in [-0.25, -0.2) is 0 Å². The van der Waals surface area contributed by atoms with Crippen LogP contribution >= 0.6 is 0 Å². The first-order chi connectivity index (χ1) is 17.3. The quantitative estimate of drug-likeness (QED) is 0.516. The van der Waals surface area contributed by atoms with Crippen molar-refractivity contribution in [1.82, 2.24) is 10.2 Å². The van der Waals surface area contributed by atoms with Gasteiger partial charge in [-0.1, -0.05) is 25.1 Å². The molecule has 10 nitrogen and oxygen atoms in total. The molecule has 2 fully saturated rings. The Balaban J connectivity index is 1.41. The first-order valence-corrected chi connectivity index (χ1v) is 12.1. The largest absolute Gasteiger partial charge is 0.454 e. The van der Waals surface area contributed by atoms with Crippen LogP contribution in [-0.4, -0.2) is 41.4 Å². The van der Waals surface area contributed by atoms with Crippen LogP contribution in [0.25, 0.3) is 0 Å². The van der Waals surface area contributed by atoms with E-state index in [0.29, 0.717) is 28.3 Å². The van der Waals surface area contributed by atoms with Crippen LogP contribution in [0.5, 0.6) is 11.5 Å². The highest BCUT2D eigenvalue weighted by Crippen LogP contribution is 2.54. The summed E-state index contributed by atoms with van der Waals surface area (Å²) in [5, 5.41) is 6.24. The summed E-state index contributed by atoms with van der Waals surface area (Å²) >= 11 is 0. The van der Waals surface area contributed by atoms with Gasteiger partial charge in [0.15, 0.2) is 11.5 Å². The molecule has 0 bridgehead atoms. The zero-order valence-corrected chi connectivity index (χ0v) is 19.7. The van der Waals surface area contributed by atoms with E-state index in [2.05, 4.69) is 10.6 Å². The molecule has 0 saturated carbocycles. The molecule has 6 rings (SSSR count). The van der Waals surface area contributed by atoms with E-state index in [1.54, 1.807) is 18.2 Å². The summed E-state index contributed by atoms with van der Waals surface area (Å²) in [7, 11) is 0. The predicted molar refractivity (Wildman–Crippen MR) is 127 cm³/mol. The van der Waals surface area contributed by atoms with Crippen LogP contribution in [0.2, 0.25) is 0 Å². The number of hydrogen-bond acceptors (Lipinski definition) is 7. The van der Waals surface area contributed by atoms with Crippen LogP contribution < -0.4 is 25.8 Å². The van der Waals surface area contributed by atoms with Crippen LogP contribution in [0.3, 0.4) is 0 Å². The number of nitrogens with two attached hydrogens (primary N) is 1. The number of primary amides is 1. The molecule has 4 heterocycles. The number of nitrogens with zero attached hydrogens (tertiary/aromatic N) is 1. The third-order valence-electron chi connectivity index (χ3n) is 7.76. The maximum Gasteiger partial charge on any atom is 0.250 e. The van der Waals surface area contributed by atoms with Crippen molar-refractivity contribution in [2.24, 2.45) is 17.6 Å². The van der Waals surface area contributed by atoms with Crippen LogP contribution in [0.15, 0.2) is 36.4 Å². The fourth-order valence-corrected chi connectivity index (χ4v) is 6.05. The number of anilines is 1. The Hall–Kier alpha value is -3.92. The highest BCUT2D eigenvalue weighted by molar-refractivity contribution is 6.15. The number of aryl methyl sites for hydroxylation is 1. The van der Waals surface area contributed by atoms with E-state index >= 15 is 0 Å². The maximum atomic E-state index is 13.9. The molecule has 0 aliphatic carbocycles. The van der Waals surface area contributed by atoms with Gasteiger partial charge in [0.25, 0.3) is 0 Å². The number of benzene rings is 2. The van der Waals surface area contributed by atoms with Crippen molar-refractivity contribution in [3.8, 4) is 11.5 Å². The van der Waals surface area contributed by atoms with Gasteiger partial charge in [-0.05, 0) is 42.2 Å². The lowest BCUT2D eigenvalue weighted by Gasteiger charge is -2.29. The van der Waals surface area contributed by atoms with Crippen molar-refractivity contribution in [3.05, 3.63) is 53.1 Å². The first-order valence-electron chi connectivity index (χ1n) is 12.1. The number of likely N-dealkylation sites (tertiary alicyclic amines) is 1. The molecule has 4 amide bonds. The minimum absolute atomic E-state index is 0.0318. The van der Waals surface area contributed by atoms with E-state index in [-0.39, 0.29) is 38.0 Å². The molecular weight excluding hydrogens is 464 g/mol. The van der Waals surface area contributed by atoms with Gasteiger partial charge in [-0.15, -0.1) is 0 Å². The highest BCUT2D eigenvalue weighted by Gasteiger charge is 2.70. The lowest BCUT2D eigenvalue weighted by Crippen LogP contribution is -2.53. The second kappa shape index (κ2) is 8.06. The summed E-state index contributed by atoms with van der Waals surface area (Å²) in [6.45, 7) is 2.18. The van der Waals surface area contributed by atoms with Crippen molar-refractivity contribution in [1.29, 1.82) is 0 Å². The lowest BCUT2D eigenvalue weighted by molar-refractivity contribution is -0.143. The molecule has 0 radical (unpaired) electrons. The summed E-state index contributed by atoms with van der Waals surface area (Å²) in [4.78, 5) is 54.0. The average molecular weight is 491 g/mol. The lowest BCUT2D eigenvalue weighted by atomic mass is 9.76. The number of carbonyl (C=O) groups excluding carboxylic acids is 4. The molecule has 4 aliphatic rings. The molecule has 0 aromatic heterocycles. The van der Waals surface area contributed by atoms with E-state index in [0.717, 1.165) is 12.0 Å². The van der Waals surface area contributed by atoms with E-state index in [1.807, 2.05) is 25.1 Å². The second-order valence-electron chi connectivity index (χ2n) is 9.71. The van der Waals surface area contributed by atoms with Crippen LogP contribution in [0, 0.1) is 11.8 Å². The SMILES string of the molecule is CCc1ccc2c(c1)[C@@]1(N[C@@H](CCC(N)=O)[C@H]3C(=O)N(Cc4ccc5c(c4)OCO5)C(=O)[C@H]31)C(=O)N2. The fourth-order valence-electron chi connectivity index (χ4n) is 6.05. The van der Waals surface area contributed by atoms with Crippen molar-refractivity contribution in [3.63, 3.8) is 0 Å². The molecule has 1 spiro atoms. The third kappa shape index (κ3) is 3.13. The number of amides is 4. The number of carbonyl (C=O) groups is 4. The molecule has 186 valence electrons. The summed E-state index contributed by atoms with van der Waals surface area (Å²) < 4.78 is 10.8. The Labute approximate surface area is 207 Å². The van der Waals surface area contributed by atoms with Crippen molar-refractivity contribution < 1.29 is 28.7 Å². The Morgan fingerprint density at radius 3 is 2.64 bits per heavy atom. The van der Waals surface area contributed by atoms with Gasteiger partial charge < -0.3 is 20.5 Å². The molecule has 4 aliphatic heterocycles. The van der Waals surface area contributed by atoms with E-state index in [9.17, 15) is 19.2 Å². The molecular formula is C26H26N4O6. The van der Waals surface area contributed by atoms with E-state index in [4.69, 9.17) is 15.2 Å². The number of fused-ring (bicyclic) bond motifs is 5. The predicted octanol–water partition coefficient (Wildman–Crippen LogP) is 1.16. The summed E-state index contributed by atoms with van der Waals surface area (Å²) in [5.41, 5.74) is 7.00. The smallest absolute Gasteiger partial charge is 0.250 e. The molecule has 10 heteroatoms. The highest BCUT2D eigenvalue weighted by atomic mass is 16.7. The molecule has 4 atom stereocenters. The zero-order valence-electron chi connectivity index (χ0n) is 19.7. The Bertz CT molecular complexity index is 1330. The Morgan fingerprint density at radius 1 is 1.08 bits per heavy atom. The topological polar surface area (TPSA) is 140 Å². The maximum absolute atomic E-state index is 13.9. The van der Waals surface area contributed by atoms with Gasteiger partial charge in [0.1, 0.15) is 5.54 Å². The standard InChI is InChI=1S/C26H26N4O6/c1-2-13-3-5-16-15(9-13)26(25(34)28-16)22-21(17(29-26)6-8-20(27)31)23(32)30(24(22)33)11-14-4-7-18-19(10-14)36-12-35-18/h3-5,7,9-10,17,21-22,29H,2,6,8,11-12H2,1H3,(H2,27,31)(H,28,34)/t17-,21+,22-,26-/m0/s1. The number of imide groups is 1.